The van der Waals surface area contributed by atoms with Crippen molar-refractivity contribution < 1.29 is 13.2 Å². The molecule has 1 heterocycles. The SMILES string of the molecule is FC(F)(F)CC1CC(Cl)C(Cl)CN1. The maximum atomic E-state index is 11.9. The largest absolute Gasteiger partial charge is 0.390 e. The number of rotatable bonds is 1. The van der Waals surface area contributed by atoms with Gasteiger partial charge in [0.05, 0.1) is 17.2 Å². The monoisotopic (exact) mass is 235 g/mol. The summed E-state index contributed by atoms with van der Waals surface area (Å²) in [5, 5.41) is 2.08. The first-order valence-corrected chi connectivity index (χ1v) is 4.84. The molecule has 1 aliphatic heterocycles. The van der Waals surface area contributed by atoms with Crippen LogP contribution in [0.1, 0.15) is 12.8 Å². The van der Waals surface area contributed by atoms with Crippen LogP contribution in [-0.2, 0) is 0 Å². The maximum Gasteiger partial charge on any atom is 0.390 e. The lowest BCUT2D eigenvalue weighted by molar-refractivity contribution is -0.140. The fourth-order valence-electron chi connectivity index (χ4n) is 1.34. The molecule has 13 heavy (non-hydrogen) atoms. The molecule has 0 amide bonds. The van der Waals surface area contributed by atoms with E-state index in [9.17, 15) is 13.2 Å². The lowest BCUT2D eigenvalue weighted by atomic mass is 10.0. The molecule has 1 fully saturated rings. The average Bonchev–Trinajstić information content (AvgIpc) is 1.94. The van der Waals surface area contributed by atoms with E-state index in [0.29, 0.717) is 6.54 Å². The summed E-state index contributed by atoms with van der Waals surface area (Å²) in [5.41, 5.74) is 0. The van der Waals surface area contributed by atoms with Crippen LogP contribution in [0.3, 0.4) is 0 Å². The van der Waals surface area contributed by atoms with Gasteiger partial charge in [-0.1, -0.05) is 0 Å². The Morgan fingerprint density at radius 2 is 1.85 bits per heavy atom. The Morgan fingerprint density at radius 3 is 2.31 bits per heavy atom. The van der Waals surface area contributed by atoms with Crippen molar-refractivity contribution in [3.63, 3.8) is 0 Å². The van der Waals surface area contributed by atoms with Gasteiger partial charge >= 0.3 is 6.18 Å². The number of piperidine rings is 1. The van der Waals surface area contributed by atoms with Crippen molar-refractivity contribution >= 4 is 23.2 Å². The second-order valence-electron chi connectivity index (χ2n) is 3.19. The van der Waals surface area contributed by atoms with Gasteiger partial charge in [-0.2, -0.15) is 13.2 Å². The van der Waals surface area contributed by atoms with E-state index in [1.807, 2.05) is 0 Å². The summed E-state index contributed by atoms with van der Waals surface area (Å²) in [6.45, 7) is 0.344. The fraction of sp³-hybridized carbons (Fsp3) is 1.00. The van der Waals surface area contributed by atoms with E-state index in [1.165, 1.54) is 0 Å². The van der Waals surface area contributed by atoms with Gasteiger partial charge in [0, 0.05) is 12.6 Å². The second kappa shape index (κ2) is 4.24. The highest BCUT2D eigenvalue weighted by atomic mass is 35.5. The van der Waals surface area contributed by atoms with Crippen LogP contribution in [0.5, 0.6) is 0 Å². The van der Waals surface area contributed by atoms with Crippen LogP contribution in [0.15, 0.2) is 0 Å². The summed E-state index contributed by atoms with van der Waals surface area (Å²) in [6.07, 6.45) is -4.69. The Kier molecular flexibility index (Phi) is 3.72. The number of alkyl halides is 5. The highest BCUT2D eigenvalue weighted by molar-refractivity contribution is 6.30. The van der Waals surface area contributed by atoms with Gasteiger partial charge < -0.3 is 5.32 Å². The first-order chi connectivity index (χ1) is 5.88. The number of halogens is 5. The van der Waals surface area contributed by atoms with Crippen LogP contribution in [0.25, 0.3) is 0 Å². The highest BCUT2D eigenvalue weighted by Crippen LogP contribution is 2.28. The van der Waals surface area contributed by atoms with Crippen LogP contribution in [0, 0.1) is 0 Å². The molecule has 1 aliphatic rings. The zero-order valence-corrected chi connectivity index (χ0v) is 8.26. The van der Waals surface area contributed by atoms with Gasteiger partial charge in [0.15, 0.2) is 0 Å². The lowest BCUT2D eigenvalue weighted by Crippen LogP contribution is -2.47. The molecule has 6 heteroatoms. The standard InChI is InChI=1S/C7H10Cl2F3N/c8-5-1-4(2-7(10,11)12)13-3-6(5)9/h4-6,13H,1-3H2. The van der Waals surface area contributed by atoms with Gasteiger partial charge in [-0.05, 0) is 6.42 Å². The molecule has 3 unspecified atom stereocenters. The number of nitrogens with one attached hydrogen (secondary N) is 1. The Balaban J connectivity index is 2.38. The Morgan fingerprint density at radius 1 is 1.23 bits per heavy atom. The van der Waals surface area contributed by atoms with Crippen LogP contribution >= 0.6 is 23.2 Å². The summed E-state index contributed by atoms with van der Waals surface area (Å²) in [7, 11) is 0. The Hall–Kier alpha value is 0.330. The molecule has 78 valence electrons. The first kappa shape index (κ1) is 11.4. The smallest absolute Gasteiger partial charge is 0.312 e. The summed E-state index contributed by atoms with van der Waals surface area (Å²) < 4.78 is 35.8. The van der Waals surface area contributed by atoms with E-state index < -0.39 is 18.6 Å². The predicted molar refractivity (Wildman–Crippen MR) is 46.4 cm³/mol. The van der Waals surface area contributed by atoms with E-state index in [0.717, 1.165) is 0 Å². The summed E-state index contributed by atoms with van der Waals surface area (Å²) in [6, 6.07) is -0.586. The summed E-state index contributed by atoms with van der Waals surface area (Å²) in [4.78, 5) is 0. The van der Waals surface area contributed by atoms with Crippen molar-refractivity contribution in [2.24, 2.45) is 0 Å². The molecule has 0 aromatic carbocycles. The van der Waals surface area contributed by atoms with Crippen molar-refractivity contribution in [3.05, 3.63) is 0 Å². The zero-order valence-electron chi connectivity index (χ0n) is 6.74. The second-order valence-corrected chi connectivity index (χ2v) is 4.31. The molecule has 0 spiro atoms. The average molecular weight is 236 g/mol. The van der Waals surface area contributed by atoms with Crippen molar-refractivity contribution in [1.82, 2.24) is 5.32 Å². The van der Waals surface area contributed by atoms with E-state index >= 15 is 0 Å². The fourth-order valence-corrected chi connectivity index (χ4v) is 1.84. The molecule has 0 radical (unpaired) electrons. The minimum atomic E-state index is -4.13. The molecule has 0 aromatic heterocycles. The predicted octanol–water partition coefficient (Wildman–Crippen LogP) is 2.52. The van der Waals surface area contributed by atoms with E-state index in [-0.39, 0.29) is 17.2 Å². The van der Waals surface area contributed by atoms with E-state index in [4.69, 9.17) is 23.2 Å². The molecule has 0 saturated carbocycles. The molecule has 0 aliphatic carbocycles. The van der Waals surface area contributed by atoms with E-state index in [2.05, 4.69) is 5.32 Å². The minimum Gasteiger partial charge on any atom is -0.312 e. The third-order valence-electron chi connectivity index (χ3n) is 1.98. The summed E-state index contributed by atoms with van der Waals surface area (Å²) >= 11 is 11.5. The van der Waals surface area contributed by atoms with Crippen LogP contribution in [-0.4, -0.2) is 29.5 Å². The van der Waals surface area contributed by atoms with Gasteiger partial charge in [-0.25, -0.2) is 0 Å². The Labute approximate surface area is 84.6 Å². The van der Waals surface area contributed by atoms with Crippen LogP contribution < -0.4 is 5.32 Å². The zero-order chi connectivity index (χ0) is 10.1. The van der Waals surface area contributed by atoms with Gasteiger partial charge in [0.2, 0.25) is 0 Å². The third-order valence-corrected chi connectivity index (χ3v) is 3.05. The molecule has 1 saturated heterocycles. The van der Waals surface area contributed by atoms with Gasteiger partial charge in [-0.3, -0.25) is 0 Å². The molecular formula is C7H10Cl2F3N. The van der Waals surface area contributed by atoms with Crippen LogP contribution in [0.2, 0.25) is 0 Å². The van der Waals surface area contributed by atoms with Gasteiger partial charge in [0.25, 0.3) is 0 Å². The maximum absolute atomic E-state index is 11.9. The molecule has 1 rings (SSSR count). The summed E-state index contributed by atoms with van der Waals surface area (Å²) in [5.74, 6) is 0. The molecular weight excluding hydrogens is 226 g/mol. The third kappa shape index (κ3) is 3.92. The molecule has 0 aromatic rings. The Bertz CT molecular complexity index is 174. The number of hydrogen-bond donors (Lipinski definition) is 1. The normalized spacial score (nSPS) is 36.2. The number of hydrogen-bond acceptors (Lipinski definition) is 1. The van der Waals surface area contributed by atoms with Crippen molar-refractivity contribution in [3.8, 4) is 0 Å². The van der Waals surface area contributed by atoms with Crippen molar-refractivity contribution in [2.75, 3.05) is 6.54 Å². The molecule has 0 bridgehead atoms. The van der Waals surface area contributed by atoms with Crippen LogP contribution in [0.4, 0.5) is 13.2 Å². The molecule has 1 nitrogen and oxygen atoms in total. The van der Waals surface area contributed by atoms with Crippen molar-refractivity contribution in [1.29, 1.82) is 0 Å². The molecule has 1 N–H and O–H groups in total. The quantitative estimate of drug-likeness (QED) is 0.690. The minimum absolute atomic E-state index is 0.272. The lowest BCUT2D eigenvalue weighted by Gasteiger charge is -2.30. The van der Waals surface area contributed by atoms with Gasteiger partial charge in [0.1, 0.15) is 0 Å². The first-order valence-electron chi connectivity index (χ1n) is 3.97. The highest BCUT2D eigenvalue weighted by Gasteiger charge is 2.36. The van der Waals surface area contributed by atoms with Gasteiger partial charge in [-0.15, -0.1) is 23.2 Å². The topological polar surface area (TPSA) is 12.0 Å². The van der Waals surface area contributed by atoms with Crippen molar-refractivity contribution in [2.45, 2.75) is 35.8 Å². The molecule has 3 atom stereocenters. The van der Waals surface area contributed by atoms with E-state index in [1.54, 1.807) is 0 Å².